The Hall–Kier alpha value is -2.80. The van der Waals surface area contributed by atoms with Crippen molar-refractivity contribution >= 4 is 34.2 Å². The van der Waals surface area contributed by atoms with Gasteiger partial charge in [0.1, 0.15) is 11.6 Å². The number of hydrogen-bond donors (Lipinski definition) is 0. The highest BCUT2D eigenvalue weighted by molar-refractivity contribution is 6.35. The first-order valence-electron chi connectivity index (χ1n) is 7.58. The van der Waals surface area contributed by atoms with E-state index in [2.05, 4.69) is 9.72 Å². The van der Waals surface area contributed by atoms with Crippen molar-refractivity contribution in [3.05, 3.63) is 64.7 Å². The van der Waals surface area contributed by atoms with Crippen LogP contribution >= 0.6 is 11.6 Å². The van der Waals surface area contributed by atoms with E-state index >= 15 is 0 Å². The van der Waals surface area contributed by atoms with Gasteiger partial charge in [-0.25, -0.2) is 4.98 Å². The van der Waals surface area contributed by atoms with E-state index in [0.29, 0.717) is 21.9 Å². The molecule has 0 unspecified atom stereocenters. The van der Waals surface area contributed by atoms with Crippen molar-refractivity contribution < 1.29 is 22.7 Å². The molecule has 1 aliphatic rings. The number of halogens is 4. The smallest absolute Gasteiger partial charge is 0.406 e. The maximum absolute atomic E-state index is 12.7. The second-order valence-electron chi connectivity index (χ2n) is 5.74. The first-order chi connectivity index (χ1) is 12.3. The largest absolute Gasteiger partial charge is 0.573 e. The van der Waals surface area contributed by atoms with Gasteiger partial charge in [-0.15, -0.1) is 13.2 Å². The van der Waals surface area contributed by atoms with E-state index in [1.807, 2.05) is 6.07 Å². The third-order valence-electron chi connectivity index (χ3n) is 4.05. The van der Waals surface area contributed by atoms with Crippen molar-refractivity contribution in [3.8, 4) is 5.75 Å². The summed E-state index contributed by atoms with van der Waals surface area (Å²) in [7, 11) is 0. The number of para-hydroxylation sites is 1. The molecule has 1 aromatic heterocycles. The number of pyridine rings is 1. The summed E-state index contributed by atoms with van der Waals surface area (Å²) < 4.78 is 41.0. The molecule has 0 bridgehead atoms. The monoisotopic (exact) mass is 378 g/mol. The van der Waals surface area contributed by atoms with Crippen molar-refractivity contribution in [2.45, 2.75) is 12.9 Å². The molecule has 0 saturated carbocycles. The Morgan fingerprint density at radius 1 is 1.12 bits per heavy atom. The maximum Gasteiger partial charge on any atom is 0.573 e. The molecule has 3 aromatic rings. The van der Waals surface area contributed by atoms with Crippen LogP contribution in [-0.4, -0.2) is 17.3 Å². The van der Waals surface area contributed by atoms with Gasteiger partial charge < -0.3 is 4.74 Å². The van der Waals surface area contributed by atoms with Gasteiger partial charge in [-0.2, -0.15) is 0 Å². The van der Waals surface area contributed by atoms with Crippen LogP contribution in [0.4, 0.5) is 19.0 Å². The Morgan fingerprint density at radius 3 is 2.69 bits per heavy atom. The van der Waals surface area contributed by atoms with Gasteiger partial charge in [-0.05, 0) is 35.9 Å². The predicted molar refractivity (Wildman–Crippen MR) is 90.4 cm³/mol. The van der Waals surface area contributed by atoms with Crippen LogP contribution in [0.5, 0.6) is 5.75 Å². The molecule has 2 aromatic carbocycles. The maximum atomic E-state index is 12.7. The first-order valence-corrected chi connectivity index (χ1v) is 7.95. The van der Waals surface area contributed by atoms with Crippen molar-refractivity contribution in [1.82, 2.24) is 4.98 Å². The Balaban J connectivity index is 1.69. The molecule has 4 rings (SSSR count). The van der Waals surface area contributed by atoms with Gasteiger partial charge in [0.2, 0.25) is 0 Å². The molecule has 0 atom stereocenters. The van der Waals surface area contributed by atoms with E-state index < -0.39 is 18.0 Å². The number of rotatable bonds is 2. The molecule has 1 amide bonds. The third kappa shape index (κ3) is 2.94. The van der Waals surface area contributed by atoms with Gasteiger partial charge in [-0.1, -0.05) is 29.8 Å². The van der Waals surface area contributed by atoms with Gasteiger partial charge in [-0.3, -0.25) is 9.69 Å². The van der Waals surface area contributed by atoms with Crippen LogP contribution in [0.3, 0.4) is 0 Å². The highest BCUT2D eigenvalue weighted by atomic mass is 35.5. The zero-order valence-electron chi connectivity index (χ0n) is 13.0. The predicted octanol–water partition coefficient (Wildman–Crippen LogP) is 4.95. The second kappa shape index (κ2) is 5.88. The lowest BCUT2D eigenvalue weighted by Gasteiger charge is -2.15. The standard InChI is InChI=1S/C18H10ClF3N2O2/c19-14-3-1-2-10-5-7-15(23-16(10)14)24-9-11-4-6-12(26-18(20,21)22)8-13(11)17(24)25/h1-8H,9H2. The number of aromatic nitrogens is 1. The van der Waals surface area contributed by atoms with Gasteiger partial charge >= 0.3 is 6.36 Å². The summed E-state index contributed by atoms with van der Waals surface area (Å²) in [6.07, 6.45) is -4.81. The molecule has 1 aliphatic heterocycles. The van der Waals surface area contributed by atoms with E-state index in [-0.39, 0.29) is 12.1 Å². The molecule has 0 radical (unpaired) electrons. The van der Waals surface area contributed by atoms with Crippen LogP contribution in [0.25, 0.3) is 10.9 Å². The minimum Gasteiger partial charge on any atom is -0.406 e. The Bertz CT molecular complexity index is 1040. The Labute approximate surface area is 150 Å². The summed E-state index contributed by atoms with van der Waals surface area (Å²) in [5.74, 6) is -0.488. The SMILES string of the molecule is O=C1c2cc(OC(F)(F)F)ccc2CN1c1ccc2cccc(Cl)c2n1. The van der Waals surface area contributed by atoms with E-state index in [9.17, 15) is 18.0 Å². The second-order valence-corrected chi connectivity index (χ2v) is 6.15. The fourth-order valence-corrected chi connectivity index (χ4v) is 3.14. The minimum absolute atomic E-state index is 0.160. The van der Waals surface area contributed by atoms with Crippen LogP contribution in [0, 0.1) is 0 Å². The van der Waals surface area contributed by atoms with E-state index in [0.717, 1.165) is 11.5 Å². The van der Waals surface area contributed by atoms with Crippen molar-refractivity contribution in [3.63, 3.8) is 0 Å². The van der Waals surface area contributed by atoms with Crippen molar-refractivity contribution in [1.29, 1.82) is 0 Å². The Morgan fingerprint density at radius 2 is 1.92 bits per heavy atom. The number of ether oxygens (including phenoxy) is 1. The number of amides is 1. The summed E-state index contributed by atoms with van der Waals surface area (Å²) >= 11 is 6.15. The zero-order valence-corrected chi connectivity index (χ0v) is 13.8. The summed E-state index contributed by atoms with van der Waals surface area (Å²) in [5, 5.41) is 1.28. The Kier molecular flexibility index (Phi) is 3.77. The number of nitrogens with zero attached hydrogens (tertiary/aromatic N) is 2. The lowest BCUT2D eigenvalue weighted by molar-refractivity contribution is -0.274. The van der Waals surface area contributed by atoms with E-state index in [1.54, 1.807) is 24.3 Å². The number of benzene rings is 2. The van der Waals surface area contributed by atoms with Crippen molar-refractivity contribution in [2.24, 2.45) is 0 Å². The summed E-state index contributed by atoms with van der Waals surface area (Å²) in [6, 6.07) is 12.5. The van der Waals surface area contributed by atoms with E-state index in [1.165, 1.54) is 17.0 Å². The number of alkyl halides is 3. The molecule has 8 heteroatoms. The summed E-state index contributed by atoms with van der Waals surface area (Å²) in [5.41, 5.74) is 1.31. The molecule has 4 nitrogen and oxygen atoms in total. The van der Waals surface area contributed by atoms with Crippen LogP contribution < -0.4 is 9.64 Å². The number of fused-ring (bicyclic) bond motifs is 2. The van der Waals surface area contributed by atoms with Crippen LogP contribution in [-0.2, 0) is 6.54 Å². The summed E-state index contributed by atoms with van der Waals surface area (Å²) in [6.45, 7) is 0.212. The molecule has 0 spiro atoms. The highest BCUT2D eigenvalue weighted by Gasteiger charge is 2.34. The molecule has 0 N–H and O–H groups in total. The van der Waals surface area contributed by atoms with Gasteiger partial charge in [0.25, 0.3) is 5.91 Å². The fraction of sp³-hybridized carbons (Fsp3) is 0.111. The molecular formula is C18H10ClF3N2O2. The van der Waals surface area contributed by atoms with Crippen LogP contribution in [0.1, 0.15) is 15.9 Å². The number of anilines is 1. The molecule has 26 heavy (non-hydrogen) atoms. The average Bonchev–Trinajstić information content (AvgIpc) is 2.90. The quantitative estimate of drug-likeness (QED) is 0.634. The topological polar surface area (TPSA) is 42.4 Å². The van der Waals surface area contributed by atoms with E-state index in [4.69, 9.17) is 11.6 Å². The fourth-order valence-electron chi connectivity index (χ4n) is 2.91. The third-order valence-corrected chi connectivity index (χ3v) is 4.36. The van der Waals surface area contributed by atoms with Gasteiger partial charge in [0.05, 0.1) is 17.1 Å². The normalized spacial score (nSPS) is 14.0. The highest BCUT2D eigenvalue weighted by Crippen LogP contribution is 2.33. The van der Waals surface area contributed by atoms with Crippen LogP contribution in [0.15, 0.2) is 48.5 Å². The molecule has 132 valence electrons. The number of carbonyl (C=O) groups excluding carboxylic acids is 1. The number of hydrogen-bond acceptors (Lipinski definition) is 3. The lowest BCUT2D eigenvalue weighted by atomic mass is 10.1. The van der Waals surface area contributed by atoms with Crippen LogP contribution in [0.2, 0.25) is 5.02 Å². The summed E-state index contributed by atoms with van der Waals surface area (Å²) in [4.78, 5) is 18.5. The van der Waals surface area contributed by atoms with Gasteiger partial charge in [0, 0.05) is 10.9 Å². The minimum atomic E-state index is -4.81. The molecule has 2 heterocycles. The molecule has 0 aliphatic carbocycles. The molecule has 0 fully saturated rings. The van der Waals surface area contributed by atoms with Crippen molar-refractivity contribution in [2.75, 3.05) is 4.90 Å². The average molecular weight is 379 g/mol. The first kappa shape index (κ1) is 16.7. The lowest BCUT2D eigenvalue weighted by Crippen LogP contribution is -2.24. The number of carbonyl (C=O) groups is 1. The molecular weight excluding hydrogens is 369 g/mol. The molecule has 0 saturated heterocycles. The zero-order chi connectivity index (χ0) is 18.5. The van der Waals surface area contributed by atoms with Gasteiger partial charge in [0.15, 0.2) is 0 Å².